The summed E-state index contributed by atoms with van der Waals surface area (Å²) in [6, 6.07) is 3.49. The molecule has 1 aromatic rings. The van der Waals surface area contributed by atoms with Gasteiger partial charge >= 0.3 is 0 Å². The lowest BCUT2D eigenvalue weighted by molar-refractivity contribution is 0.292. The maximum atomic E-state index is 6.01. The predicted molar refractivity (Wildman–Crippen MR) is 60.9 cm³/mol. The largest absolute Gasteiger partial charge is 0.298 e. The number of nitrogens with zero attached hydrogens (tertiary/aromatic N) is 2. The lowest BCUT2D eigenvalue weighted by Gasteiger charge is -2.17. The molecule has 0 spiro atoms. The van der Waals surface area contributed by atoms with Crippen LogP contribution in [-0.2, 0) is 6.54 Å². The first-order valence-electron chi connectivity index (χ1n) is 4.70. The first kappa shape index (κ1) is 11.8. The normalized spacial score (nSPS) is 10.9. The van der Waals surface area contributed by atoms with E-state index in [0.29, 0.717) is 10.2 Å². The molecule has 0 unspecified atom stereocenters. The summed E-state index contributed by atoms with van der Waals surface area (Å²) < 4.78 is 0. The fourth-order valence-corrected chi connectivity index (χ4v) is 1.56. The van der Waals surface area contributed by atoms with Crippen molar-refractivity contribution in [3.63, 3.8) is 0 Å². The molecule has 0 radical (unpaired) electrons. The van der Waals surface area contributed by atoms with Crippen molar-refractivity contribution < 1.29 is 0 Å². The summed E-state index contributed by atoms with van der Waals surface area (Å²) in [5.41, 5.74) is 0.850. The van der Waals surface area contributed by atoms with Crippen molar-refractivity contribution in [2.24, 2.45) is 0 Å². The molecular weight excluding hydrogens is 219 g/mol. The number of aromatic nitrogens is 1. The standard InChI is InChI=1S/C10H14Cl2N2/c1-3-14(4-2)7-9-8(11)5-6-10(12)13-9/h5-6H,3-4,7H2,1-2H3. The maximum absolute atomic E-state index is 6.01. The minimum atomic E-state index is 0.497. The molecule has 14 heavy (non-hydrogen) atoms. The predicted octanol–water partition coefficient (Wildman–Crippen LogP) is 3.23. The second-order valence-corrected chi connectivity index (χ2v) is 3.82. The van der Waals surface area contributed by atoms with Crippen LogP contribution < -0.4 is 0 Å². The van der Waals surface area contributed by atoms with Crippen molar-refractivity contribution in [3.05, 3.63) is 28.0 Å². The Bertz CT molecular complexity index is 298. The summed E-state index contributed by atoms with van der Waals surface area (Å²) in [6.45, 7) is 6.96. The molecule has 1 rings (SSSR count). The van der Waals surface area contributed by atoms with Crippen LogP contribution in [0.3, 0.4) is 0 Å². The van der Waals surface area contributed by atoms with E-state index in [1.54, 1.807) is 12.1 Å². The van der Waals surface area contributed by atoms with Crippen LogP contribution in [0.1, 0.15) is 19.5 Å². The highest BCUT2D eigenvalue weighted by atomic mass is 35.5. The molecule has 0 aromatic carbocycles. The molecule has 0 saturated carbocycles. The third-order valence-corrected chi connectivity index (χ3v) is 2.71. The van der Waals surface area contributed by atoms with E-state index >= 15 is 0 Å². The molecule has 0 aliphatic rings. The summed E-state index contributed by atoms with van der Waals surface area (Å²) >= 11 is 11.8. The third-order valence-electron chi connectivity index (χ3n) is 2.15. The molecule has 78 valence electrons. The molecule has 0 fully saturated rings. The number of rotatable bonds is 4. The molecule has 1 heterocycles. The van der Waals surface area contributed by atoms with Gasteiger partial charge in [0.1, 0.15) is 5.15 Å². The molecule has 0 aliphatic heterocycles. The van der Waals surface area contributed by atoms with E-state index in [0.717, 1.165) is 25.3 Å². The summed E-state index contributed by atoms with van der Waals surface area (Å²) in [4.78, 5) is 6.44. The fourth-order valence-electron chi connectivity index (χ4n) is 1.23. The summed E-state index contributed by atoms with van der Waals surface area (Å²) in [7, 11) is 0. The quantitative estimate of drug-likeness (QED) is 0.742. The van der Waals surface area contributed by atoms with Crippen LogP contribution in [0.25, 0.3) is 0 Å². The molecule has 0 amide bonds. The Morgan fingerprint density at radius 3 is 2.43 bits per heavy atom. The first-order valence-corrected chi connectivity index (χ1v) is 5.46. The first-order chi connectivity index (χ1) is 6.67. The maximum Gasteiger partial charge on any atom is 0.129 e. The van der Waals surface area contributed by atoms with Crippen LogP contribution in [0.15, 0.2) is 12.1 Å². The Kier molecular flexibility index (Phi) is 4.66. The second kappa shape index (κ2) is 5.54. The molecule has 0 aliphatic carbocycles. The lowest BCUT2D eigenvalue weighted by Crippen LogP contribution is -2.22. The van der Waals surface area contributed by atoms with Gasteiger partial charge in [-0.2, -0.15) is 0 Å². The highest BCUT2D eigenvalue weighted by molar-refractivity contribution is 6.32. The van der Waals surface area contributed by atoms with Crippen LogP contribution in [0.5, 0.6) is 0 Å². The highest BCUT2D eigenvalue weighted by Crippen LogP contribution is 2.18. The highest BCUT2D eigenvalue weighted by Gasteiger charge is 2.07. The van der Waals surface area contributed by atoms with Crippen LogP contribution in [0.2, 0.25) is 10.2 Å². The van der Waals surface area contributed by atoms with Gasteiger partial charge in [0.05, 0.1) is 10.7 Å². The Morgan fingerprint density at radius 2 is 1.86 bits per heavy atom. The van der Waals surface area contributed by atoms with E-state index in [1.165, 1.54) is 0 Å². The van der Waals surface area contributed by atoms with Crippen LogP contribution in [0, 0.1) is 0 Å². The van der Waals surface area contributed by atoms with Gasteiger partial charge in [0.15, 0.2) is 0 Å². The van der Waals surface area contributed by atoms with Crippen molar-refractivity contribution in [3.8, 4) is 0 Å². The summed E-state index contributed by atoms with van der Waals surface area (Å²) in [6.07, 6.45) is 0. The van der Waals surface area contributed by atoms with Gasteiger partial charge in [-0.15, -0.1) is 0 Å². The van der Waals surface area contributed by atoms with Crippen molar-refractivity contribution in [2.75, 3.05) is 13.1 Å². The van der Waals surface area contributed by atoms with Crippen molar-refractivity contribution in [2.45, 2.75) is 20.4 Å². The molecule has 1 aromatic heterocycles. The fraction of sp³-hybridized carbons (Fsp3) is 0.500. The van der Waals surface area contributed by atoms with Gasteiger partial charge in [0.2, 0.25) is 0 Å². The zero-order chi connectivity index (χ0) is 10.6. The second-order valence-electron chi connectivity index (χ2n) is 3.02. The number of halogens is 2. The monoisotopic (exact) mass is 232 g/mol. The molecule has 0 saturated heterocycles. The average Bonchev–Trinajstić information content (AvgIpc) is 2.19. The van der Waals surface area contributed by atoms with E-state index in [1.807, 2.05) is 0 Å². The minimum absolute atomic E-state index is 0.497. The number of hydrogen-bond donors (Lipinski definition) is 0. The van der Waals surface area contributed by atoms with E-state index in [2.05, 4.69) is 23.7 Å². The Hall–Kier alpha value is -0.310. The van der Waals surface area contributed by atoms with Crippen molar-refractivity contribution >= 4 is 23.2 Å². The number of hydrogen-bond acceptors (Lipinski definition) is 2. The van der Waals surface area contributed by atoms with Gasteiger partial charge in [-0.25, -0.2) is 4.98 Å². The van der Waals surface area contributed by atoms with Crippen molar-refractivity contribution in [1.29, 1.82) is 0 Å². The van der Waals surface area contributed by atoms with E-state index < -0.39 is 0 Å². The Balaban J connectivity index is 2.79. The lowest BCUT2D eigenvalue weighted by atomic mass is 10.3. The van der Waals surface area contributed by atoms with Crippen molar-refractivity contribution in [1.82, 2.24) is 9.88 Å². The SMILES string of the molecule is CCN(CC)Cc1nc(Cl)ccc1Cl. The minimum Gasteiger partial charge on any atom is -0.298 e. The summed E-state index contributed by atoms with van der Waals surface area (Å²) in [5.74, 6) is 0. The van der Waals surface area contributed by atoms with Gasteiger partial charge in [0, 0.05) is 6.54 Å². The Labute approximate surface area is 94.8 Å². The third kappa shape index (κ3) is 3.12. The van der Waals surface area contributed by atoms with Gasteiger partial charge in [-0.1, -0.05) is 37.0 Å². The molecule has 0 atom stereocenters. The average molecular weight is 233 g/mol. The van der Waals surface area contributed by atoms with E-state index in [4.69, 9.17) is 23.2 Å². The molecule has 0 N–H and O–H groups in total. The molecule has 4 heteroatoms. The van der Waals surface area contributed by atoms with Crippen LogP contribution in [0.4, 0.5) is 0 Å². The van der Waals surface area contributed by atoms with E-state index in [-0.39, 0.29) is 0 Å². The van der Waals surface area contributed by atoms with Crippen LogP contribution in [-0.4, -0.2) is 23.0 Å². The molecule has 2 nitrogen and oxygen atoms in total. The topological polar surface area (TPSA) is 16.1 Å². The van der Waals surface area contributed by atoms with Gasteiger partial charge in [0.25, 0.3) is 0 Å². The number of pyridine rings is 1. The van der Waals surface area contributed by atoms with Gasteiger partial charge < -0.3 is 0 Å². The van der Waals surface area contributed by atoms with Gasteiger partial charge in [-0.3, -0.25) is 4.90 Å². The van der Waals surface area contributed by atoms with Gasteiger partial charge in [-0.05, 0) is 25.2 Å². The summed E-state index contributed by atoms with van der Waals surface area (Å²) in [5, 5.41) is 1.18. The zero-order valence-corrected chi connectivity index (χ0v) is 9.94. The molecular formula is C10H14Cl2N2. The zero-order valence-electron chi connectivity index (χ0n) is 8.43. The Morgan fingerprint density at radius 1 is 1.21 bits per heavy atom. The van der Waals surface area contributed by atoms with Crippen LogP contribution >= 0.6 is 23.2 Å². The van der Waals surface area contributed by atoms with E-state index in [9.17, 15) is 0 Å². The molecule has 0 bridgehead atoms. The smallest absolute Gasteiger partial charge is 0.129 e.